The number of halogens is 3. The lowest BCUT2D eigenvalue weighted by Gasteiger charge is -2.34. The summed E-state index contributed by atoms with van der Waals surface area (Å²) in [4.78, 5) is 27.3. The Kier molecular flexibility index (Phi) is 5.14. The first-order valence-electron chi connectivity index (χ1n) is 9.11. The predicted octanol–water partition coefficient (Wildman–Crippen LogP) is 2.73. The number of hydrogen-bond acceptors (Lipinski definition) is 4. The Morgan fingerprint density at radius 1 is 1.31 bits per heavy atom. The molecule has 1 amide bonds. The summed E-state index contributed by atoms with van der Waals surface area (Å²) in [5.74, 6) is -3.08. The maximum atomic E-state index is 14.0. The van der Waals surface area contributed by atoms with Gasteiger partial charge in [-0.1, -0.05) is 29.8 Å². The van der Waals surface area contributed by atoms with E-state index >= 15 is 0 Å². The molecule has 0 aliphatic carbocycles. The Hall–Kier alpha value is -2.71. The van der Waals surface area contributed by atoms with Crippen LogP contribution in [0.25, 0.3) is 0 Å². The third-order valence-corrected chi connectivity index (χ3v) is 5.63. The van der Waals surface area contributed by atoms with Crippen molar-refractivity contribution in [2.24, 2.45) is 0 Å². The first kappa shape index (κ1) is 19.6. The number of benzene rings is 1. The number of aromatic hydroxyl groups is 1. The Balaban J connectivity index is 1.62. The summed E-state index contributed by atoms with van der Waals surface area (Å²) in [5.41, 5.74) is -0.555. The molecular weight excluding hydrogens is 404 g/mol. The molecule has 2 bridgehead atoms. The van der Waals surface area contributed by atoms with Crippen molar-refractivity contribution >= 4 is 17.5 Å². The van der Waals surface area contributed by atoms with E-state index in [0.29, 0.717) is 18.7 Å². The number of fused-ring (bicyclic) bond motifs is 4. The number of carbonyl (C=O) groups excluding carboxylic acids is 1. The molecule has 1 aromatic carbocycles. The maximum absolute atomic E-state index is 14.0. The third kappa shape index (κ3) is 3.54. The fraction of sp³-hybridized carbons (Fsp3) is 0.300. The SMILES string of the molecule is O=C(NCc1ccc(F)c(Cl)c1F)c1cn2c(c(O)c1=O)CN1CC=CC[C@H]2C1. The minimum Gasteiger partial charge on any atom is -0.503 e. The van der Waals surface area contributed by atoms with Crippen molar-refractivity contribution in [1.82, 2.24) is 14.8 Å². The molecule has 2 aliphatic heterocycles. The summed E-state index contributed by atoms with van der Waals surface area (Å²) in [6.45, 7) is 1.59. The molecule has 2 aliphatic rings. The van der Waals surface area contributed by atoms with Gasteiger partial charge in [0.1, 0.15) is 22.2 Å². The van der Waals surface area contributed by atoms with Gasteiger partial charge >= 0.3 is 0 Å². The largest absolute Gasteiger partial charge is 0.503 e. The molecule has 9 heteroatoms. The molecule has 4 rings (SSSR count). The molecule has 1 aromatic heterocycles. The summed E-state index contributed by atoms with van der Waals surface area (Å²) in [5, 5.41) is 12.2. The Bertz CT molecular complexity index is 1080. The lowest BCUT2D eigenvalue weighted by atomic mass is 10.1. The molecule has 0 spiro atoms. The normalized spacial score (nSPS) is 20.1. The van der Waals surface area contributed by atoms with Crippen LogP contribution in [0.15, 0.2) is 35.3 Å². The van der Waals surface area contributed by atoms with Crippen LogP contribution in [0, 0.1) is 11.6 Å². The summed E-state index contributed by atoms with van der Waals surface area (Å²) >= 11 is 5.54. The smallest absolute Gasteiger partial charge is 0.257 e. The van der Waals surface area contributed by atoms with Gasteiger partial charge < -0.3 is 15.0 Å². The second-order valence-corrected chi connectivity index (χ2v) is 7.52. The molecule has 2 aromatic rings. The lowest BCUT2D eigenvalue weighted by Crippen LogP contribution is -2.39. The van der Waals surface area contributed by atoms with Crippen LogP contribution in [0.2, 0.25) is 5.02 Å². The predicted molar refractivity (Wildman–Crippen MR) is 103 cm³/mol. The molecule has 1 unspecified atom stereocenters. The second kappa shape index (κ2) is 7.61. The summed E-state index contributed by atoms with van der Waals surface area (Å²) in [7, 11) is 0. The molecule has 0 saturated heterocycles. The fourth-order valence-electron chi connectivity index (χ4n) is 3.74. The zero-order chi connectivity index (χ0) is 20.7. The number of hydrogen-bond donors (Lipinski definition) is 2. The van der Waals surface area contributed by atoms with E-state index in [2.05, 4.69) is 10.2 Å². The van der Waals surface area contributed by atoms with Crippen molar-refractivity contribution in [3.63, 3.8) is 0 Å². The van der Waals surface area contributed by atoms with Crippen molar-refractivity contribution < 1.29 is 18.7 Å². The molecule has 6 nitrogen and oxygen atoms in total. The van der Waals surface area contributed by atoms with E-state index < -0.39 is 33.7 Å². The molecule has 2 N–H and O–H groups in total. The van der Waals surface area contributed by atoms with Crippen LogP contribution in [-0.2, 0) is 13.1 Å². The number of carbonyl (C=O) groups is 1. The molecule has 3 heterocycles. The quantitative estimate of drug-likeness (QED) is 0.590. The first-order valence-corrected chi connectivity index (χ1v) is 9.49. The number of pyridine rings is 1. The van der Waals surface area contributed by atoms with E-state index in [1.54, 1.807) is 4.57 Å². The molecule has 152 valence electrons. The summed E-state index contributed by atoms with van der Waals surface area (Å²) in [6.07, 6.45) is 6.24. The van der Waals surface area contributed by atoms with E-state index in [0.717, 1.165) is 19.2 Å². The highest BCUT2D eigenvalue weighted by Crippen LogP contribution is 2.30. The van der Waals surface area contributed by atoms with E-state index in [-0.39, 0.29) is 23.7 Å². The molecule has 0 saturated carbocycles. The van der Waals surface area contributed by atoms with Crippen LogP contribution in [0.1, 0.15) is 34.1 Å². The average Bonchev–Trinajstić information content (AvgIpc) is 2.90. The van der Waals surface area contributed by atoms with E-state index in [1.807, 2.05) is 12.2 Å². The van der Waals surface area contributed by atoms with Crippen molar-refractivity contribution in [1.29, 1.82) is 0 Å². The van der Waals surface area contributed by atoms with Crippen molar-refractivity contribution in [2.75, 3.05) is 13.1 Å². The van der Waals surface area contributed by atoms with Crippen molar-refractivity contribution in [2.45, 2.75) is 25.6 Å². The highest BCUT2D eigenvalue weighted by atomic mass is 35.5. The van der Waals surface area contributed by atoms with Gasteiger partial charge in [-0.3, -0.25) is 14.5 Å². The minimum absolute atomic E-state index is 0.0103. The van der Waals surface area contributed by atoms with Crippen LogP contribution in [0.4, 0.5) is 8.78 Å². The topological polar surface area (TPSA) is 74.6 Å². The van der Waals surface area contributed by atoms with E-state index in [9.17, 15) is 23.5 Å². The summed E-state index contributed by atoms with van der Waals surface area (Å²) < 4.78 is 29.1. The lowest BCUT2D eigenvalue weighted by molar-refractivity contribution is 0.0947. The van der Waals surface area contributed by atoms with Gasteiger partial charge in [-0.05, 0) is 12.5 Å². The van der Waals surface area contributed by atoms with E-state index in [1.165, 1.54) is 12.3 Å². The maximum Gasteiger partial charge on any atom is 0.257 e. The minimum atomic E-state index is -0.970. The van der Waals surface area contributed by atoms with Crippen molar-refractivity contribution in [3.05, 3.63) is 74.2 Å². The Morgan fingerprint density at radius 3 is 2.90 bits per heavy atom. The summed E-state index contributed by atoms with van der Waals surface area (Å²) in [6, 6.07) is 2.15. The molecule has 0 fully saturated rings. The van der Waals surface area contributed by atoms with Gasteiger partial charge in [0.05, 0.1) is 5.69 Å². The number of nitrogens with zero attached hydrogens (tertiary/aromatic N) is 2. The number of aromatic nitrogens is 1. The zero-order valence-electron chi connectivity index (χ0n) is 15.3. The number of amides is 1. The van der Waals surface area contributed by atoms with Crippen LogP contribution in [0.5, 0.6) is 5.75 Å². The molecule has 0 radical (unpaired) electrons. The van der Waals surface area contributed by atoms with Crippen LogP contribution >= 0.6 is 11.6 Å². The highest BCUT2D eigenvalue weighted by Gasteiger charge is 2.30. The average molecular weight is 422 g/mol. The monoisotopic (exact) mass is 421 g/mol. The molecule has 2 atom stereocenters. The highest BCUT2D eigenvalue weighted by molar-refractivity contribution is 6.30. The van der Waals surface area contributed by atoms with Gasteiger partial charge in [0.2, 0.25) is 5.43 Å². The molecular formula is C20H18ClF2N3O3. The first-order chi connectivity index (χ1) is 13.9. The standard InChI is InChI=1S/C20H18ClF2N3O3/c21-16-14(22)5-4-11(17(16)23)7-24-20(29)13-9-26-12-3-1-2-6-25(8-12)10-15(26)19(28)18(13)27/h1-2,4-5,9,12,28H,3,6-8,10H2,(H,24,29)/t12-/m0/s1. The van der Waals surface area contributed by atoms with Gasteiger partial charge in [0.25, 0.3) is 5.91 Å². The van der Waals surface area contributed by atoms with Crippen molar-refractivity contribution in [3.8, 4) is 5.75 Å². The van der Waals surface area contributed by atoms with Crippen LogP contribution in [-0.4, -0.2) is 33.6 Å². The van der Waals surface area contributed by atoms with Crippen LogP contribution in [0.3, 0.4) is 0 Å². The number of rotatable bonds is 3. The van der Waals surface area contributed by atoms with Gasteiger partial charge in [0.15, 0.2) is 5.75 Å². The molecule has 29 heavy (non-hydrogen) atoms. The zero-order valence-corrected chi connectivity index (χ0v) is 16.0. The Morgan fingerprint density at radius 2 is 2.10 bits per heavy atom. The van der Waals surface area contributed by atoms with E-state index in [4.69, 9.17) is 11.6 Å². The van der Waals surface area contributed by atoms with Gasteiger partial charge in [-0.25, -0.2) is 8.78 Å². The number of allylic oxidation sites excluding steroid dienone is 1. The van der Waals surface area contributed by atoms with Gasteiger partial charge in [-0.15, -0.1) is 0 Å². The second-order valence-electron chi connectivity index (χ2n) is 7.15. The number of nitrogens with one attached hydrogen (secondary N) is 1. The van der Waals surface area contributed by atoms with Gasteiger partial charge in [-0.2, -0.15) is 0 Å². The third-order valence-electron chi connectivity index (χ3n) is 5.29. The van der Waals surface area contributed by atoms with Gasteiger partial charge in [0, 0.05) is 44.0 Å². The Labute approximate surface area is 170 Å². The fourth-order valence-corrected chi connectivity index (χ4v) is 3.92. The van der Waals surface area contributed by atoms with Crippen LogP contribution < -0.4 is 10.7 Å².